The molecule has 0 amide bonds. The topological polar surface area (TPSA) is 242 Å². The number of carbonyl (C=O) groups is 3. The van der Waals surface area contributed by atoms with Crippen molar-refractivity contribution in [2.75, 3.05) is 19.8 Å². The van der Waals surface area contributed by atoms with Crippen molar-refractivity contribution in [2.24, 2.45) is 11.7 Å². The molecule has 0 aromatic carbocycles. The number of aliphatic hydroxyl groups is 3. The molecule has 1 aliphatic rings. The molecular formula is C40H70NO14P. The number of allylic oxidation sites excluding steroid dienone is 4. The summed E-state index contributed by atoms with van der Waals surface area (Å²) < 4.78 is 38.2. The third-order valence-electron chi connectivity index (χ3n) is 9.16. The number of carboxylic acid groups (broad SMARTS) is 1. The van der Waals surface area contributed by atoms with E-state index in [2.05, 4.69) is 30.5 Å². The molecular weight excluding hydrogens is 749 g/mol. The quantitative estimate of drug-likeness (QED) is 0.0188. The predicted molar refractivity (Wildman–Crippen MR) is 211 cm³/mol. The number of carboxylic acids is 1. The molecule has 56 heavy (non-hydrogen) atoms. The molecule has 1 heterocycles. The Kier molecular flexibility index (Phi) is 29.0. The summed E-state index contributed by atoms with van der Waals surface area (Å²) in [6.07, 6.45) is 21.3. The minimum Gasteiger partial charge on any atom is -0.480 e. The first-order chi connectivity index (χ1) is 26.8. The second kappa shape index (κ2) is 31.5. The van der Waals surface area contributed by atoms with Crippen molar-refractivity contribution in [1.82, 2.24) is 0 Å². The number of ether oxygens (including phenoxy) is 3. The number of hydrogen-bond donors (Lipinski definition) is 6. The van der Waals surface area contributed by atoms with Gasteiger partial charge in [-0.1, -0.05) is 102 Å². The number of carbonyl (C=O) groups excluding carboxylic acids is 2. The van der Waals surface area contributed by atoms with Crippen molar-refractivity contribution in [3.63, 3.8) is 0 Å². The van der Waals surface area contributed by atoms with Gasteiger partial charge < -0.3 is 45.3 Å². The van der Waals surface area contributed by atoms with Gasteiger partial charge in [-0.25, -0.2) is 4.57 Å². The van der Waals surface area contributed by atoms with E-state index in [9.17, 15) is 39.2 Å². The van der Waals surface area contributed by atoms with Gasteiger partial charge in [0.05, 0.1) is 31.5 Å². The monoisotopic (exact) mass is 819 g/mol. The summed E-state index contributed by atoms with van der Waals surface area (Å²) in [5.41, 5.74) is 5.31. The van der Waals surface area contributed by atoms with Crippen LogP contribution in [0, 0.1) is 5.92 Å². The fraction of sp³-hybridized carbons (Fsp3) is 0.775. The van der Waals surface area contributed by atoms with Gasteiger partial charge in [-0.3, -0.25) is 23.4 Å². The Hall–Kier alpha value is -2.46. The first kappa shape index (κ1) is 51.6. The predicted octanol–water partition coefficient (Wildman–Crippen LogP) is 6.16. The lowest BCUT2D eigenvalue weighted by atomic mass is 9.87. The van der Waals surface area contributed by atoms with E-state index in [1.807, 2.05) is 12.2 Å². The smallest absolute Gasteiger partial charge is 0.472 e. The molecule has 8 atom stereocenters. The van der Waals surface area contributed by atoms with E-state index in [4.69, 9.17) is 29.6 Å². The molecule has 1 fully saturated rings. The maximum absolute atomic E-state index is 12.7. The second-order valence-electron chi connectivity index (χ2n) is 14.3. The molecule has 324 valence electrons. The molecule has 0 aromatic heterocycles. The summed E-state index contributed by atoms with van der Waals surface area (Å²) in [5.74, 6) is -2.98. The average Bonchev–Trinajstić information content (AvgIpc) is 3.15. The summed E-state index contributed by atoms with van der Waals surface area (Å²) in [4.78, 5) is 46.0. The van der Waals surface area contributed by atoms with Crippen LogP contribution in [0.4, 0.5) is 0 Å². The molecule has 1 rings (SSSR count). The number of rotatable bonds is 33. The normalized spacial score (nSPS) is 21.6. The molecule has 0 radical (unpaired) electrons. The molecule has 0 aromatic rings. The van der Waals surface area contributed by atoms with Crippen LogP contribution in [0.25, 0.3) is 0 Å². The maximum Gasteiger partial charge on any atom is 0.472 e. The van der Waals surface area contributed by atoms with Gasteiger partial charge >= 0.3 is 25.7 Å². The summed E-state index contributed by atoms with van der Waals surface area (Å²) in [5, 5.41) is 39.8. The van der Waals surface area contributed by atoms with Gasteiger partial charge in [-0.15, -0.1) is 0 Å². The largest absolute Gasteiger partial charge is 0.480 e. The Morgan fingerprint density at radius 1 is 0.821 bits per heavy atom. The van der Waals surface area contributed by atoms with Crippen LogP contribution in [0.1, 0.15) is 136 Å². The molecule has 0 bridgehead atoms. The van der Waals surface area contributed by atoms with E-state index in [1.165, 1.54) is 12.8 Å². The highest BCUT2D eigenvalue weighted by Gasteiger charge is 2.35. The van der Waals surface area contributed by atoms with E-state index >= 15 is 0 Å². The van der Waals surface area contributed by atoms with Crippen molar-refractivity contribution in [2.45, 2.75) is 173 Å². The van der Waals surface area contributed by atoms with Crippen LogP contribution in [-0.4, -0.2) is 99.8 Å². The molecule has 16 heteroatoms. The zero-order chi connectivity index (χ0) is 41.6. The number of hydrogen-bond acceptors (Lipinski definition) is 13. The van der Waals surface area contributed by atoms with E-state index in [1.54, 1.807) is 12.2 Å². The van der Waals surface area contributed by atoms with Crippen molar-refractivity contribution in [1.29, 1.82) is 0 Å². The molecule has 2 unspecified atom stereocenters. The number of nitrogens with two attached hydrogens (primary N) is 1. The van der Waals surface area contributed by atoms with Crippen LogP contribution < -0.4 is 5.73 Å². The van der Waals surface area contributed by atoms with Gasteiger partial charge in [0.25, 0.3) is 0 Å². The summed E-state index contributed by atoms with van der Waals surface area (Å²) >= 11 is 0. The van der Waals surface area contributed by atoms with Crippen LogP contribution in [0.2, 0.25) is 0 Å². The van der Waals surface area contributed by atoms with Gasteiger partial charge in [0.2, 0.25) is 0 Å². The van der Waals surface area contributed by atoms with Crippen LogP contribution in [-0.2, 0) is 42.2 Å². The van der Waals surface area contributed by atoms with Crippen LogP contribution in [0.15, 0.2) is 36.5 Å². The Morgan fingerprint density at radius 3 is 2.16 bits per heavy atom. The fourth-order valence-corrected chi connectivity index (χ4v) is 6.57. The van der Waals surface area contributed by atoms with E-state index in [0.29, 0.717) is 32.1 Å². The van der Waals surface area contributed by atoms with Crippen LogP contribution in [0.3, 0.4) is 0 Å². The van der Waals surface area contributed by atoms with E-state index in [-0.39, 0.29) is 25.2 Å². The van der Waals surface area contributed by atoms with Gasteiger partial charge in [0, 0.05) is 25.2 Å². The number of phosphoric acid groups is 1. The van der Waals surface area contributed by atoms with Crippen molar-refractivity contribution >= 4 is 25.7 Å². The zero-order valence-corrected chi connectivity index (χ0v) is 34.4. The molecule has 0 aliphatic carbocycles. The van der Waals surface area contributed by atoms with Gasteiger partial charge in [0.1, 0.15) is 12.6 Å². The third-order valence-corrected chi connectivity index (χ3v) is 10.1. The number of aliphatic hydroxyl groups excluding tert-OH is 3. The van der Waals surface area contributed by atoms with Crippen molar-refractivity contribution in [3.05, 3.63) is 36.5 Å². The van der Waals surface area contributed by atoms with Gasteiger partial charge in [-0.2, -0.15) is 0 Å². The van der Waals surface area contributed by atoms with E-state index in [0.717, 1.165) is 57.8 Å². The lowest BCUT2D eigenvalue weighted by Crippen LogP contribution is -2.43. The lowest BCUT2D eigenvalue weighted by molar-refractivity contribution is -0.199. The highest BCUT2D eigenvalue weighted by molar-refractivity contribution is 7.47. The Morgan fingerprint density at radius 2 is 1.45 bits per heavy atom. The van der Waals surface area contributed by atoms with Crippen molar-refractivity contribution < 1.29 is 67.5 Å². The summed E-state index contributed by atoms with van der Waals surface area (Å²) in [6, 6.07) is -1.57. The Bertz CT molecular complexity index is 1210. The van der Waals surface area contributed by atoms with E-state index < -0.39 is 82.3 Å². The zero-order valence-electron chi connectivity index (χ0n) is 33.5. The number of phosphoric ester groups is 1. The minimum absolute atomic E-state index is 0.0350. The number of unbranched alkanes of at least 4 members (excludes halogenated alkanes) is 10. The minimum atomic E-state index is -4.79. The first-order valence-corrected chi connectivity index (χ1v) is 21.9. The number of aliphatic carboxylic acids is 1. The highest BCUT2D eigenvalue weighted by atomic mass is 31.2. The van der Waals surface area contributed by atoms with Crippen LogP contribution >= 0.6 is 7.82 Å². The molecule has 15 nitrogen and oxygen atoms in total. The standard InChI is InChI=1S/C40H70NO14P/c1-3-5-7-8-9-10-11-12-13-14-19-23-37(44)51-28-32(29-52-56(49,50)53-30-34(41)40(47)48)54-38(45)24-20-16-15-18-22-33-35(43)27-39(46)55-36(33)26-25-31(42)21-17-6-4-2/h8-9,15,18,25-26,31-36,39,42-43,46H,3-7,10-14,16-17,19-24,27-30,41H2,1-2H3,(H,47,48)(H,49,50)/b9-8-,18-15-,26-25+/t31-,32+,33-,34-,35-,36+,39?/m0/s1. The summed E-state index contributed by atoms with van der Waals surface area (Å²) in [7, 11) is -4.79. The molecule has 0 spiro atoms. The second-order valence-corrected chi connectivity index (χ2v) is 15.7. The van der Waals surface area contributed by atoms with Crippen LogP contribution in [0.5, 0.6) is 0 Å². The first-order valence-electron chi connectivity index (χ1n) is 20.4. The Labute approximate surface area is 333 Å². The molecule has 0 saturated carbocycles. The fourth-order valence-electron chi connectivity index (χ4n) is 5.79. The Balaban J connectivity index is 2.61. The lowest BCUT2D eigenvalue weighted by Gasteiger charge is -2.36. The molecule has 1 saturated heterocycles. The third kappa shape index (κ3) is 26.5. The van der Waals surface area contributed by atoms with Crippen molar-refractivity contribution in [3.8, 4) is 0 Å². The maximum atomic E-state index is 12.7. The molecule has 1 aliphatic heterocycles. The summed E-state index contributed by atoms with van der Waals surface area (Å²) in [6.45, 7) is 2.34. The SMILES string of the molecule is CCCC/C=C\CCCCCCCC(=O)OC[C@H](COP(=O)(O)OC[C@H](N)C(=O)O)OC(=O)CCC/C=C\C[C@H]1[C@@H](O)CC(O)O[C@@H]1/C=C/[C@@H](O)CCCCC. The van der Waals surface area contributed by atoms with Gasteiger partial charge in [0.15, 0.2) is 12.4 Å². The van der Waals surface area contributed by atoms with Gasteiger partial charge in [-0.05, 0) is 51.4 Å². The average molecular weight is 820 g/mol. The highest BCUT2D eigenvalue weighted by Crippen LogP contribution is 2.43. The molecule has 7 N–H and O–H groups in total. The number of esters is 2.